The zero-order chi connectivity index (χ0) is 49.7. The van der Waals surface area contributed by atoms with Gasteiger partial charge < -0.3 is 4.90 Å². The molecule has 0 amide bonds. The Labute approximate surface area is 436 Å². The summed E-state index contributed by atoms with van der Waals surface area (Å²) >= 11 is 0. The molecule has 1 spiro atoms. The molecule has 73 heavy (non-hydrogen) atoms. The zero-order valence-corrected chi connectivity index (χ0v) is 43.7. The van der Waals surface area contributed by atoms with E-state index in [0.29, 0.717) is 0 Å². The average Bonchev–Trinajstić information content (AvgIpc) is 3.92. The Bertz CT molecular complexity index is 3290. The second-order valence-corrected chi connectivity index (χ2v) is 21.2. The molecule has 0 aliphatic heterocycles. The van der Waals surface area contributed by atoms with E-state index in [9.17, 15) is 0 Å². The van der Waals surface area contributed by atoms with Gasteiger partial charge >= 0.3 is 0 Å². The number of hydrogen-bond acceptors (Lipinski definition) is 1. The molecule has 0 aromatic heterocycles. The van der Waals surface area contributed by atoms with Crippen molar-refractivity contribution in [3.05, 3.63) is 245 Å². The Morgan fingerprint density at radius 2 is 0.808 bits per heavy atom. The van der Waals surface area contributed by atoms with Crippen molar-refractivity contribution >= 4 is 17.1 Å². The van der Waals surface area contributed by atoms with Gasteiger partial charge in [-0.05, 0) is 170 Å². The van der Waals surface area contributed by atoms with E-state index in [1.807, 2.05) is 0 Å². The monoisotopic (exact) mass is 950 g/mol. The van der Waals surface area contributed by atoms with E-state index in [1.165, 1.54) is 164 Å². The first-order valence-corrected chi connectivity index (χ1v) is 27.7. The molecule has 0 saturated carbocycles. The third-order valence-electron chi connectivity index (χ3n) is 16.2. The molecule has 0 radical (unpaired) electrons. The minimum Gasteiger partial charge on any atom is -0.310 e. The molecular formula is C72H71N. The lowest BCUT2D eigenvalue weighted by molar-refractivity contribution is 0.556. The van der Waals surface area contributed by atoms with Gasteiger partial charge in [0.15, 0.2) is 0 Å². The van der Waals surface area contributed by atoms with Crippen molar-refractivity contribution < 1.29 is 0 Å². The molecule has 1 heteroatoms. The zero-order valence-electron chi connectivity index (χ0n) is 43.7. The molecule has 0 bridgehead atoms. The van der Waals surface area contributed by atoms with Gasteiger partial charge in [0.25, 0.3) is 0 Å². The van der Waals surface area contributed by atoms with E-state index in [2.05, 4.69) is 233 Å². The molecule has 0 saturated heterocycles. The number of unbranched alkanes of at least 4 members (excludes halogenated alkanes) is 9. The third-order valence-corrected chi connectivity index (χ3v) is 16.2. The SMILES string of the molecule is CCCCCCCCCCCCc1cc(C)cc(-c2ccc(C)c(-c3ccc(N(c4ccc(-c5ccc(CCC)cc5)cc4)c4ccc5c(c4)C4(c6ccccc6-c6ccccc64)c4ccccc4-5)cc3)c2)c1. The lowest BCUT2D eigenvalue weighted by atomic mass is 9.70. The molecular weight excluding hydrogens is 879 g/mol. The highest BCUT2D eigenvalue weighted by molar-refractivity contribution is 5.96. The van der Waals surface area contributed by atoms with E-state index in [1.54, 1.807) is 0 Å². The van der Waals surface area contributed by atoms with Gasteiger partial charge in [-0.3, -0.25) is 0 Å². The fourth-order valence-corrected chi connectivity index (χ4v) is 12.5. The number of hydrogen-bond donors (Lipinski definition) is 0. The molecule has 0 heterocycles. The first kappa shape index (κ1) is 48.1. The van der Waals surface area contributed by atoms with Crippen LogP contribution in [0.4, 0.5) is 17.1 Å². The van der Waals surface area contributed by atoms with Crippen LogP contribution in [0.2, 0.25) is 0 Å². The van der Waals surface area contributed by atoms with Crippen molar-refractivity contribution in [1.82, 2.24) is 0 Å². The summed E-state index contributed by atoms with van der Waals surface area (Å²) in [7, 11) is 0. The van der Waals surface area contributed by atoms with Gasteiger partial charge in [-0.1, -0.05) is 241 Å². The Kier molecular flexibility index (Phi) is 14.1. The Morgan fingerprint density at radius 3 is 1.38 bits per heavy atom. The second-order valence-electron chi connectivity index (χ2n) is 21.2. The smallest absolute Gasteiger partial charge is 0.0726 e. The summed E-state index contributed by atoms with van der Waals surface area (Å²) < 4.78 is 0. The Morgan fingerprint density at radius 1 is 0.315 bits per heavy atom. The molecule has 0 fully saturated rings. The highest BCUT2D eigenvalue weighted by Gasteiger charge is 2.51. The number of rotatable bonds is 19. The maximum Gasteiger partial charge on any atom is 0.0726 e. The van der Waals surface area contributed by atoms with Crippen molar-refractivity contribution in [3.63, 3.8) is 0 Å². The molecule has 0 atom stereocenters. The minimum atomic E-state index is -0.425. The molecule has 9 aromatic rings. The number of aryl methyl sites for hydroxylation is 4. The van der Waals surface area contributed by atoms with Crippen LogP contribution >= 0.6 is 0 Å². The third kappa shape index (κ3) is 9.40. The van der Waals surface area contributed by atoms with Crippen LogP contribution in [-0.4, -0.2) is 0 Å². The van der Waals surface area contributed by atoms with E-state index < -0.39 is 5.41 Å². The molecule has 364 valence electrons. The van der Waals surface area contributed by atoms with Gasteiger partial charge in [0.2, 0.25) is 0 Å². The van der Waals surface area contributed by atoms with Crippen molar-refractivity contribution in [2.24, 2.45) is 0 Å². The van der Waals surface area contributed by atoms with Crippen LogP contribution in [0.5, 0.6) is 0 Å². The second kappa shape index (κ2) is 21.5. The summed E-state index contributed by atoms with van der Waals surface area (Å²) in [4.78, 5) is 2.47. The summed E-state index contributed by atoms with van der Waals surface area (Å²) in [5, 5.41) is 0. The summed E-state index contributed by atoms with van der Waals surface area (Å²) in [6, 6.07) is 76.5. The molecule has 9 aromatic carbocycles. The summed E-state index contributed by atoms with van der Waals surface area (Å²) in [5.74, 6) is 0. The number of fused-ring (bicyclic) bond motifs is 10. The van der Waals surface area contributed by atoms with E-state index in [4.69, 9.17) is 0 Å². The first-order valence-electron chi connectivity index (χ1n) is 27.7. The van der Waals surface area contributed by atoms with E-state index in [-0.39, 0.29) is 0 Å². The molecule has 2 aliphatic rings. The molecule has 0 N–H and O–H groups in total. The highest BCUT2D eigenvalue weighted by Crippen LogP contribution is 2.63. The largest absolute Gasteiger partial charge is 0.310 e. The first-order chi connectivity index (χ1) is 35.9. The molecule has 0 unspecified atom stereocenters. The average molecular weight is 950 g/mol. The lowest BCUT2D eigenvalue weighted by Crippen LogP contribution is -2.26. The topological polar surface area (TPSA) is 3.24 Å². The van der Waals surface area contributed by atoms with Crippen LogP contribution in [0.1, 0.15) is 129 Å². The number of anilines is 3. The van der Waals surface area contributed by atoms with Crippen molar-refractivity contribution in [1.29, 1.82) is 0 Å². The highest BCUT2D eigenvalue weighted by atomic mass is 15.1. The van der Waals surface area contributed by atoms with E-state index in [0.717, 1.165) is 36.3 Å². The number of benzene rings is 9. The maximum absolute atomic E-state index is 2.50. The fourth-order valence-electron chi connectivity index (χ4n) is 12.5. The van der Waals surface area contributed by atoms with Crippen molar-refractivity contribution in [2.75, 3.05) is 4.90 Å². The van der Waals surface area contributed by atoms with Gasteiger partial charge in [-0.25, -0.2) is 0 Å². The summed E-state index contributed by atoms with van der Waals surface area (Å²) in [5.41, 5.74) is 26.7. The van der Waals surface area contributed by atoms with E-state index >= 15 is 0 Å². The maximum atomic E-state index is 2.50. The Hall–Kier alpha value is -7.22. The molecule has 11 rings (SSSR count). The summed E-state index contributed by atoms with van der Waals surface area (Å²) in [6.07, 6.45) is 17.1. The van der Waals surface area contributed by atoms with Crippen LogP contribution in [0, 0.1) is 13.8 Å². The fraction of sp³-hybridized carbons (Fsp3) is 0.250. The Balaban J connectivity index is 0.931. The van der Waals surface area contributed by atoms with Gasteiger partial charge in [0.1, 0.15) is 0 Å². The quantitative estimate of drug-likeness (QED) is 0.0730. The van der Waals surface area contributed by atoms with Gasteiger partial charge in [-0.2, -0.15) is 0 Å². The molecule has 1 nitrogen and oxygen atoms in total. The standard InChI is InChI=1S/C72H71N/c1-5-7-8-9-10-11-12-13-14-15-23-54-46-51(3)47-59(48-54)58-33-30-52(4)67(49-58)57-38-42-61(43-39-57)73(60-40-36-56(37-41-60)55-34-31-53(22-6-2)32-35-55)62-44-45-66-65-26-18-21-29-70(65)72(71(66)50-62)68-27-19-16-24-63(68)64-25-17-20-28-69(64)72/h16-21,24-50H,5-15,22-23H2,1-4H3. The summed E-state index contributed by atoms with van der Waals surface area (Å²) in [6.45, 7) is 9.06. The van der Waals surface area contributed by atoms with Crippen molar-refractivity contribution in [2.45, 2.75) is 117 Å². The van der Waals surface area contributed by atoms with Crippen LogP contribution in [-0.2, 0) is 18.3 Å². The van der Waals surface area contributed by atoms with Gasteiger partial charge in [0, 0.05) is 17.1 Å². The van der Waals surface area contributed by atoms with Crippen LogP contribution in [0.25, 0.3) is 55.6 Å². The number of nitrogens with zero attached hydrogens (tertiary/aromatic N) is 1. The van der Waals surface area contributed by atoms with Crippen LogP contribution < -0.4 is 4.90 Å². The normalized spacial score (nSPS) is 12.7. The predicted molar refractivity (Wildman–Crippen MR) is 313 cm³/mol. The van der Waals surface area contributed by atoms with Gasteiger partial charge in [-0.15, -0.1) is 0 Å². The predicted octanol–water partition coefficient (Wildman–Crippen LogP) is 20.5. The lowest BCUT2D eigenvalue weighted by Gasteiger charge is -2.32. The van der Waals surface area contributed by atoms with Gasteiger partial charge in [0.05, 0.1) is 5.41 Å². The van der Waals surface area contributed by atoms with Crippen molar-refractivity contribution in [3.8, 4) is 55.6 Å². The van der Waals surface area contributed by atoms with Crippen LogP contribution in [0.15, 0.2) is 200 Å². The van der Waals surface area contributed by atoms with Crippen LogP contribution in [0.3, 0.4) is 0 Å². The molecule has 2 aliphatic carbocycles. The minimum absolute atomic E-state index is 0.425.